The molecule has 64 valence electrons. The maximum Gasteiger partial charge on any atom is 0.0373 e. The largest absolute Gasteiger partial charge is 0.385 e. The molecule has 2 rings (SSSR count). The molecule has 0 unspecified atom stereocenters. The van der Waals surface area contributed by atoms with E-state index in [1.807, 2.05) is 0 Å². The Labute approximate surface area is 86.7 Å². The second kappa shape index (κ2) is 3.64. The second-order valence-corrected chi connectivity index (χ2v) is 4.43. The lowest BCUT2D eigenvalue weighted by atomic mass is 10.1. The first kappa shape index (κ1) is 8.35. The molecule has 0 saturated carbocycles. The highest BCUT2D eigenvalue weighted by Crippen LogP contribution is 2.23. The predicted molar refractivity (Wildman–Crippen MR) is 60.6 cm³/mol. The summed E-state index contributed by atoms with van der Waals surface area (Å²) in [7, 11) is 0. The summed E-state index contributed by atoms with van der Waals surface area (Å²) in [4.78, 5) is 0. The van der Waals surface area contributed by atoms with Crippen LogP contribution in [0.15, 0.2) is 18.2 Å². The van der Waals surface area contributed by atoms with Crippen molar-refractivity contribution in [2.75, 3.05) is 11.9 Å². The van der Waals surface area contributed by atoms with Gasteiger partial charge in [0, 0.05) is 15.8 Å². The molecule has 1 nitrogen and oxygen atoms in total. The molecule has 0 fully saturated rings. The number of aryl methyl sites for hydroxylation is 1. The normalized spacial score (nSPS) is 16.1. The Kier molecular flexibility index (Phi) is 2.54. The van der Waals surface area contributed by atoms with Crippen LogP contribution in [-0.2, 0) is 6.42 Å². The van der Waals surface area contributed by atoms with E-state index < -0.39 is 0 Å². The van der Waals surface area contributed by atoms with Crippen molar-refractivity contribution in [1.29, 1.82) is 0 Å². The second-order valence-electron chi connectivity index (χ2n) is 3.19. The van der Waals surface area contributed by atoms with Crippen LogP contribution in [0.2, 0.25) is 0 Å². The van der Waals surface area contributed by atoms with E-state index in [4.69, 9.17) is 0 Å². The smallest absolute Gasteiger partial charge is 0.0373 e. The summed E-state index contributed by atoms with van der Waals surface area (Å²) >= 11 is 2.37. The predicted octanol–water partition coefficient (Wildman–Crippen LogP) is 3.04. The van der Waals surface area contributed by atoms with Gasteiger partial charge < -0.3 is 5.32 Å². The van der Waals surface area contributed by atoms with Crippen LogP contribution in [0.4, 0.5) is 5.69 Å². The SMILES string of the molecule is Ic1ccc2c(c1)CCCCN2. The fourth-order valence-corrected chi connectivity index (χ4v) is 2.16. The summed E-state index contributed by atoms with van der Waals surface area (Å²) in [5.41, 5.74) is 2.83. The van der Waals surface area contributed by atoms with Crippen LogP contribution in [-0.4, -0.2) is 6.54 Å². The van der Waals surface area contributed by atoms with Gasteiger partial charge in [0.2, 0.25) is 0 Å². The van der Waals surface area contributed by atoms with E-state index in [-0.39, 0.29) is 0 Å². The first-order valence-corrected chi connectivity index (χ1v) is 5.46. The van der Waals surface area contributed by atoms with E-state index in [1.54, 1.807) is 0 Å². The molecule has 0 spiro atoms. The highest BCUT2D eigenvalue weighted by Gasteiger charge is 2.06. The van der Waals surface area contributed by atoms with E-state index in [0.29, 0.717) is 0 Å². The summed E-state index contributed by atoms with van der Waals surface area (Å²) in [5.74, 6) is 0. The van der Waals surface area contributed by atoms with Crippen molar-refractivity contribution in [1.82, 2.24) is 0 Å². The van der Waals surface area contributed by atoms with Crippen LogP contribution in [0, 0.1) is 3.57 Å². The average molecular weight is 273 g/mol. The lowest BCUT2D eigenvalue weighted by Gasteiger charge is -2.06. The molecule has 12 heavy (non-hydrogen) atoms. The molecule has 1 aromatic carbocycles. The minimum Gasteiger partial charge on any atom is -0.385 e. The van der Waals surface area contributed by atoms with E-state index in [2.05, 4.69) is 46.1 Å². The fourth-order valence-electron chi connectivity index (χ4n) is 1.61. The minimum absolute atomic E-state index is 1.13. The van der Waals surface area contributed by atoms with Gasteiger partial charge in [-0.05, 0) is 65.6 Å². The molecule has 1 aromatic rings. The third-order valence-electron chi connectivity index (χ3n) is 2.26. The van der Waals surface area contributed by atoms with Gasteiger partial charge in [0.15, 0.2) is 0 Å². The number of benzene rings is 1. The topological polar surface area (TPSA) is 12.0 Å². The van der Waals surface area contributed by atoms with Crippen LogP contribution in [0.1, 0.15) is 18.4 Å². The standard InChI is InChI=1S/C10H12IN/c11-9-4-5-10-8(7-9)3-1-2-6-12-10/h4-5,7,12H,1-3,6H2. The van der Waals surface area contributed by atoms with Crippen molar-refractivity contribution in [3.8, 4) is 0 Å². The summed E-state index contributed by atoms with van der Waals surface area (Å²) in [6.07, 6.45) is 3.85. The molecule has 1 aliphatic heterocycles. The maximum absolute atomic E-state index is 3.45. The Hall–Kier alpha value is -0.250. The summed E-state index contributed by atoms with van der Waals surface area (Å²) < 4.78 is 1.34. The molecule has 1 heterocycles. The van der Waals surface area contributed by atoms with E-state index in [0.717, 1.165) is 6.54 Å². The molecule has 0 radical (unpaired) electrons. The lowest BCUT2D eigenvalue weighted by molar-refractivity contribution is 0.785. The van der Waals surface area contributed by atoms with Gasteiger partial charge in [0.25, 0.3) is 0 Å². The molecule has 0 aliphatic carbocycles. The zero-order chi connectivity index (χ0) is 8.39. The molecule has 1 aliphatic rings. The molecule has 0 bridgehead atoms. The van der Waals surface area contributed by atoms with E-state index in [9.17, 15) is 0 Å². The molecule has 2 heteroatoms. The molecular formula is C10H12IN. The van der Waals surface area contributed by atoms with Crippen LogP contribution >= 0.6 is 22.6 Å². The van der Waals surface area contributed by atoms with Crippen molar-refractivity contribution in [3.63, 3.8) is 0 Å². The van der Waals surface area contributed by atoms with E-state index in [1.165, 1.54) is 34.1 Å². The number of rotatable bonds is 0. The van der Waals surface area contributed by atoms with Gasteiger partial charge in [-0.2, -0.15) is 0 Å². The Morgan fingerprint density at radius 1 is 1.25 bits per heavy atom. The van der Waals surface area contributed by atoms with Crippen molar-refractivity contribution in [2.24, 2.45) is 0 Å². The number of hydrogen-bond donors (Lipinski definition) is 1. The molecule has 0 saturated heterocycles. The van der Waals surface area contributed by atoms with Crippen LogP contribution in [0.3, 0.4) is 0 Å². The molecule has 1 N–H and O–H groups in total. The van der Waals surface area contributed by atoms with Gasteiger partial charge >= 0.3 is 0 Å². The highest BCUT2D eigenvalue weighted by atomic mass is 127. The van der Waals surface area contributed by atoms with Crippen LogP contribution < -0.4 is 5.32 Å². The highest BCUT2D eigenvalue weighted by molar-refractivity contribution is 14.1. The lowest BCUT2D eigenvalue weighted by Crippen LogP contribution is -1.99. The number of fused-ring (bicyclic) bond motifs is 1. The van der Waals surface area contributed by atoms with E-state index >= 15 is 0 Å². The zero-order valence-corrected chi connectivity index (χ0v) is 9.10. The van der Waals surface area contributed by atoms with Crippen molar-refractivity contribution >= 4 is 28.3 Å². The first-order valence-electron chi connectivity index (χ1n) is 4.38. The Balaban J connectivity index is 2.36. The van der Waals surface area contributed by atoms with Gasteiger partial charge in [-0.25, -0.2) is 0 Å². The monoisotopic (exact) mass is 273 g/mol. The third kappa shape index (κ3) is 1.73. The fraction of sp³-hybridized carbons (Fsp3) is 0.400. The van der Waals surface area contributed by atoms with Gasteiger partial charge in [-0.3, -0.25) is 0 Å². The summed E-state index contributed by atoms with van der Waals surface area (Å²) in [6, 6.07) is 6.65. The number of halogens is 1. The first-order chi connectivity index (χ1) is 5.86. The van der Waals surface area contributed by atoms with Gasteiger partial charge in [-0.15, -0.1) is 0 Å². The minimum atomic E-state index is 1.13. The Morgan fingerprint density at radius 3 is 3.08 bits per heavy atom. The van der Waals surface area contributed by atoms with Crippen molar-refractivity contribution in [3.05, 3.63) is 27.3 Å². The quantitative estimate of drug-likeness (QED) is 0.716. The number of anilines is 1. The van der Waals surface area contributed by atoms with Gasteiger partial charge in [0.05, 0.1) is 0 Å². The Bertz CT molecular complexity index is 283. The Morgan fingerprint density at radius 2 is 2.17 bits per heavy atom. The number of hydrogen-bond acceptors (Lipinski definition) is 1. The van der Waals surface area contributed by atoms with Crippen molar-refractivity contribution in [2.45, 2.75) is 19.3 Å². The van der Waals surface area contributed by atoms with Crippen molar-refractivity contribution < 1.29 is 0 Å². The van der Waals surface area contributed by atoms with Crippen LogP contribution in [0.5, 0.6) is 0 Å². The van der Waals surface area contributed by atoms with Crippen LogP contribution in [0.25, 0.3) is 0 Å². The van der Waals surface area contributed by atoms with Gasteiger partial charge in [0.1, 0.15) is 0 Å². The third-order valence-corrected chi connectivity index (χ3v) is 2.93. The number of nitrogens with one attached hydrogen (secondary N) is 1. The average Bonchev–Trinajstić information content (AvgIpc) is 2.28. The molecule has 0 aromatic heterocycles. The zero-order valence-electron chi connectivity index (χ0n) is 6.94. The molecular weight excluding hydrogens is 261 g/mol. The summed E-state index contributed by atoms with van der Waals surface area (Å²) in [6.45, 7) is 1.13. The maximum atomic E-state index is 3.45. The summed E-state index contributed by atoms with van der Waals surface area (Å²) in [5, 5.41) is 3.45. The van der Waals surface area contributed by atoms with Gasteiger partial charge in [-0.1, -0.05) is 0 Å². The molecule has 0 atom stereocenters. The molecule has 0 amide bonds.